The molecule has 0 saturated carbocycles. The molecule has 0 aliphatic carbocycles. The molecule has 0 unspecified atom stereocenters. The highest BCUT2D eigenvalue weighted by atomic mass is 16.2. The Hall–Kier alpha value is -0.300. The van der Waals surface area contributed by atoms with Gasteiger partial charge >= 0.3 is 0 Å². The third-order valence-corrected chi connectivity index (χ3v) is 0.907. The van der Waals surface area contributed by atoms with Crippen molar-refractivity contribution in [1.82, 2.24) is 0 Å². The summed E-state index contributed by atoms with van der Waals surface area (Å²) in [5, 5.41) is 9.84. The third kappa shape index (κ3) is 5.70. The molecule has 0 fully saturated rings. The van der Waals surface area contributed by atoms with Gasteiger partial charge in [-0.15, -0.1) is 0 Å². The van der Waals surface area contributed by atoms with E-state index in [0.29, 0.717) is 6.42 Å². The van der Waals surface area contributed by atoms with Crippen molar-refractivity contribution in [2.75, 3.05) is 6.61 Å². The number of hydrogen-bond acceptors (Lipinski definition) is 0. The normalized spacial score (nSPS) is 10.8. The lowest BCUT2D eigenvalue weighted by Crippen LogP contribution is -1.72. The minimum Gasteiger partial charge on any atom is -0.236 e. The Morgan fingerprint density at radius 3 is 2.38 bits per heavy atom. The lowest BCUT2D eigenvalue weighted by molar-refractivity contribution is 0.199. The molecule has 1 nitrogen and oxygen atoms in total. The summed E-state index contributed by atoms with van der Waals surface area (Å²) in [5.74, 6) is 0. The summed E-state index contributed by atoms with van der Waals surface area (Å²) in [6.45, 7) is 2.15. The first kappa shape index (κ1) is 7.70. The van der Waals surface area contributed by atoms with E-state index in [0.717, 1.165) is 6.42 Å². The molecule has 0 atom stereocenters. The highest BCUT2D eigenvalue weighted by molar-refractivity contribution is 4.80. The number of hydrogen-bond donors (Lipinski definition) is 0. The molecule has 0 heterocycles. The topological polar surface area (TPSA) is 19.9 Å². The summed E-state index contributed by atoms with van der Waals surface area (Å²) >= 11 is 0. The van der Waals surface area contributed by atoms with Crippen LogP contribution in [0.4, 0.5) is 0 Å². The molecular weight excluding hydrogens is 100 g/mol. The quantitative estimate of drug-likeness (QED) is 0.498. The molecule has 1 heteroatoms. The predicted molar refractivity (Wildman–Crippen MR) is 34.2 cm³/mol. The van der Waals surface area contributed by atoms with Gasteiger partial charge in [0.1, 0.15) is 0 Å². The first-order valence-electron chi connectivity index (χ1n) is 3.15. The van der Waals surface area contributed by atoms with Gasteiger partial charge in [0.2, 0.25) is 0 Å². The van der Waals surface area contributed by atoms with Gasteiger partial charge in [-0.2, -0.15) is 0 Å². The third-order valence-electron chi connectivity index (χ3n) is 0.907. The van der Waals surface area contributed by atoms with Crippen LogP contribution >= 0.6 is 0 Å². The fourth-order valence-corrected chi connectivity index (χ4v) is 0.470. The van der Waals surface area contributed by atoms with E-state index in [1.54, 1.807) is 0 Å². The van der Waals surface area contributed by atoms with E-state index in [2.05, 4.69) is 13.0 Å². The zero-order chi connectivity index (χ0) is 6.24. The van der Waals surface area contributed by atoms with Crippen LogP contribution in [0.1, 0.15) is 26.2 Å². The molecule has 0 saturated heterocycles. The summed E-state index contributed by atoms with van der Waals surface area (Å²) in [4.78, 5) is 0. The van der Waals surface area contributed by atoms with Crippen molar-refractivity contribution in [3.63, 3.8) is 0 Å². The average molecular weight is 113 g/mol. The molecule has 0 aliphatic heterocycles. The lowest BCUT2D eigenvalue weighted by Gasteiger charge is -1.82. The number of allylic oxidation sites excluding steroid dienone is 1. The SMILES string of the molecule is CCC/C=C/CC[O]. The number of rotatable bonds is 4. The van der Waals surface area contributed by atoms with Gasteiger partial charge in [-0.1, -0.05) is 25.5 Å². The van der Waals surface area contributed by atoms with Crippen LogP contribution in [0, 0.1) is 0 Å². The minimum atomic E-state index is 0.0280. The molecule has 8 heavy (non-hydrogen) atoms. The zero-order valence-electron chi connectivity index (χ0n) is 5.39. The van der Waals surface area contributed by atoms with Gasteiger partial charge in [-0.05, 0) is 12.8 Å². The summed E-state index contributed by atoms with van der Waals surface area (Å²) in [6.07, 6.45) is 7.00. The van der Waals surface area contributed by atoms with Gasteiger partial charge in [0, 0.05) is 0 Å². The molecule has 0 spiro atoms. The summed E-state index contributed by atoms with van der Waals surface area (Å²) < 4.78 is 0. The van der Waals surface area contributed by atoms with Crippen molar-refractivity contribution >= 4 is 0 Å². The van der Waals surface area contributed by atoms with Gasteiger partial charge < -0.3 is 0 Å². The van der Waals surface area contributed by atoms with E-state index in [9.17, 15) is 5.11 Å². The van der Waals surface area contributed by atoms with Crippen LogP contribution in [0.3, 0.4) is 0 Å². The van der Waals surface area contributed by atoms with Crippen molar-refractivity contribution in [1.29, 1.82) is 0 Å². The highest BCUT2D eigenvalue weighted by Gasteiger charge is 1.74. The molecule has 0 amide bonds. The maximum Gasteiger partial charge on any atom is 0.0856 e. The molecule has 0 bridgehead atoms. The molecule has 0 aromatic heterocycles. The van der Waals surface area contributed by atoms with Gasteiger partial charge in [-0.3, -0.25) is 0 Å². The average Bonchev–Trinajstić information content (AvgIpc) is 1.81. The van der Waals surface area contributed by atoms with Crippen LogP contribution in [-0.4, -0.2) is 6.61 Å². The van der Waals surface area contributed by atoms with Gasteiger partial charge in [-0.25, -0.2) is 5.11 Å². The largest absolute Gasteiger partial charge is 0.236 e. The molecule has 0 aromatic carbocycles. The van der Waals surface area contributed by atoms with Gasteiger partial charge in [0.25, 0.3) is 0 Å². The van der Waals surface area contributed by atoms with Crippen molar-refractivity contribution in [3.05, 3.63) is 12.2 Å². The van der Waals surface area contributed by atoms with E-state index < -0.39 is 0 Å². The second-order valence-electron chi connectivity index (χ2n) is 1.75. The maximum absolute atomic E-state index is 9.84. The summed E-state index contributed by atoms with van der Waals surface area (Å²) in [6, 6.07) is 0. The lowest BCUT2D eigenvalue weighted by atomic mass is 10.3. The molecule has 1 radical (unpaired) electrons. The Balaban J connectivity index is 2.83. The van der Waals surface area contributed by atoms with Crippen molar-refractivity contribution < 1.29 is 5.11 Å². The van der Waals surface area contributed by atoms with Crippen molar-refractivity contribution in [2.45, 2.75) is 26.2 Å². The Labute approximate surface area is 51.0 Å². The van der Waals surface area contributed by atoms with Gasteiger partial charge in [0.05, 0.1) is 6.61 Å². The second kappa shape index (κ2) is 6.70. The predicted octanol–water partition coefficient (Wildman–Crippen LogP) is 2.16. The summed E-state index contributed by atoms with van der Waals surface area (Å²) in [7, 11) is 0. The van der Waals surface area contributed by atoms with Crippen LogP contribution in [0.25, 0.3) is 0 Å². The van der Waals surface area contributed by atoms with E-state index in [4.69, 9.17) is 0 Å². The molecule has 47 valence electrons. The Morgan fingerprint density at radius 1 is 1.25 bits per heavy atom. The zero-order valence-corrected chi connectivity index (χ0v) is 5.39. The van der Waals surface area contributed by atoms with E-state index in [1.165, 1.54) is 6.42 Å². The Kier molecular flexibility index (Phi) is 6.45. The molecule has 0 aliphatic rings. The first-order chi connectivity index (χ1) is 3.91. The first-order valence-corrected chi connectivity index (χ1v) is 3.15. The van der Waals surface area contributed by atoms with Crippen molar-refractivity contribution in [2.24, 2.45) is 0 Å². The second-order valence-corrected chi connectivity index (χ2v) is 1.75. The van der Waals surface area contributed by atoms with E-state index in [1.807, 2.05) is 6.08 Å². The van der Waals surface area contributed by atoms with E-state index >= 15 is 0 Å². The van der Waals surface area contributed by atoms with Crippen LogP contribution in [0.5, 0.6) is 0 Å². The molecular formula is C7H13O. The standard InChI is InChI=1S/C7H13O/c1-2-3-4-5-6-7-8/h4-5H,2-3,6-7H2,1H3/b5-4+. The summed E-state index contributed by atoms with van der Waals surface area (Å²) in [5.41, 5.74) is 0. The maximum atomic E-state index is 9.84. The fourth-order valence-electron chi connectivity index (χ4n) is 0.470. The monoisotopic (exact) mass is 113 g/mol. The Bertz CT molecular complexity index is 49.4. The molecule has 0 rings (SSSR count). The van der Waals surface area contributed by atoms with Crippen LogP contribution < -0.4 is 0 Å². The van der Waals surface area contributed by atoms with E-state index in [-0.39, 0.29) is 6.61 Å². The smallest absolute Gasteiger partial charge is 0.0856 e. The highest BCUT2D eigenvalue weighted by Crippen LogP contribution is 1.89. The van der Waals surface area contributed by atoms with Crippen molar-refractivity contribution in [3.8, 4) is 0 Å². The number of unbranched alkanes of at least 4 members (excludes halogenated alkanes) is 1. The molecule has 0 N–H and O–H groups in total. The minimum absolute atomic E-state index is 0.0280. The van der Waals surface area contributed by atoms with Gasteiger partial charge in [0.15, 0.2) is 0 Å². The Morgan fingerprint density at radius 2 is 1.88 bits per heavy atom. The van der Waals surface area contributed by atoms with Crippen LogP contribution in [-0.2, 0) is 5.11 Å². The fraction of sp³-hybridized carbons (Fsp3) is 0.714. The molecule has 0 aromatic rings. The van der Waals surface area contributed by atoms with Crippen LogP contribution in [0.2, 0.25) is 0 Å². The van der Waals surface area contributed by atoms with Crippen LogP contribution in [0.15, 0.2) is 12.2 Å².